The lowest BCUT2D eigenvalue weighted by Crippen LogP contribution is -2.23. The highest BCUT2D eigenvalue weighted by molar-refractivity contribution is 8.03. The molecule has 9 heteroatoms. The first-order chi connectivity index (χ1) is 11.1. The number of carbonyl (C=O) groups excluding carboxylic acids is 1. The van der Waals surface area contributed by atoms with Crippen LogP contribution < -0.4 is 14.6 Å². The predicted octanol–water partition coefficient (Wildman–Crippen LogP) is 1.90. The van der Waals surface area contributed by atoms with Crippen LogP contribution in [0, 0.1) is 0 Å². The summed E-state index contributed by atoms with van der Waals surface area (Å²) in [4.78, 5) is 11.2. The molecule has 0 radical (unpaired) electrons. The Morgan fingerprint density at radius 1 is 1.39 bits per heavy atom. The minimum atomic E-state index is -1.38. The molecule has 1 aromatic carbocycles. The van der Waals surface area contributed by atoms with Crippen molar-refractivity contribution < 1.29 is 23.8 Å². The molecule has 0 atom stereocenters. The Balaban J connectivity index is 1.91. The highest BCUT2D eigenvalue weighted by atomic mass is 35.5. The molecule has 1 aliphatic rings. The fraction of sp³-hybridized carbons (Fsp3) is 0.214. The van der Waals surface area contributed by atoms with Crippen LogP contribution in [-0.4, -0.2) is 23.0 Å². The molecular formula is C14H10ClN2O5S-. The van der Waals surface area contributed by atoms with E-state index in [1.54, 1.807) is 12.1 Å². The molecule has 0 N–H and O–H groups in total. The third kappa shape index (κ3) is 3.43. The van der Waals surface area contributed by atoms with Crippen molar-refractivity contribution in [1.29, 1.82) is 0 Å². The van der Waals surface area contributed by atoms with E-state index in [-0.39, 0.29) is 16.9 Å². The van der Waals surface area contributed by atoms with E-state index in [0.717, 1.165) is 11.8 Å². The molecule has 0 fully saturated rings. The second kappa shape index (κ2) is 6.51. The maximum atomic E-state index is 11.3. The first-order valence-corrected chi connectivity index (χ1v) is 7.78. The number of nitrogens with zero attached hydrogens (tertiary/aromatic N) is 2. The van der Waals surface area contributed by atoms with Gasteiger partial charge < -0.3 is 23.8 Å². The Kier molecular flexibility index (Phi) is 4.44. The van der Waals surface area contributed by atoms with Crippen molar-refractivity contribution in [1.82, 2.24) is 10.2 Å². The number of hydrogen-bond acceptors (Lipinski definition) is 8. The monoisotopic (exact) mass is 353 g/mol. The van der Waals surface area contributed by atoms with Gasteiger partial charge in [0.15, 0.2) is 11.5 Å². The smallest absolute Gasteiger partial charge is 0.281 e. The van der Waals surface area contributed by atoms with Crippen molar-refractivity contribution in [3.63, 3.8) is 0 Å². The van der Waals surface area contributed by atoms with Crippen molar-refractivity contribution in [2.24, 2.45) is 0 Å². The second-order valence-electron chi connectivity index (χ2n) is 4.44. The van der Waals surface area contributed by atoms with Crippen LogP contribution in [0.1, 0.15) is 18.4 Å². The normalized spacial score (nSPS) is 13.4. The zero-order chi connectivity index (χ0) is 16.4. The standard InChI is InChI=1S/C14H11ClN2O5S/c1-2-12-16-17-14(22-12)23-11(13(18)19)4-7-3-9-10(5-8(7)15)21-6-20-9/h3-5H,2,6H2,1H3,(H,18,19)/p-1/b11-4-. The summed E-state index contributed by atoms with van der Waals surface area (Å²) in [6.07, 6.45) is 1.92. The summed E-state index contributed by atoms with van der Waals surface area (Å²) in [5.41, 5.74) is 0.456. The average Bonchev–Trinajstić information content (AvgIpc) is 3.15. The number of ether oxygens (including phenoxy) is 2. The molecule has 0 spiro atoms. The van der Waals surface area contributed by atoms with Gasteiger partial charge in [-0.05, 0) is 29.5 Å². The van der Waals surface area contributed by atoms with Crippen LogP contribution in [0.4, 0.5) is 0 Å². The lowest BCUT2D eigenvalue weighted by Gasteiger charge is -2.07. The predicted molar refractivity (Wildman–Crippen MR) is 80.1 cm³/mol. The van der Waals surface area contributed by atoms with Crippen LogP contribution >= 0.6 is 23.4 Å². The number of carboxylic acid groups (broad SMARTS) is 1. The molecule has 0 saturated heterocycles. The number of hydrogen-bond donors (Lipinski definition) is 0. The lowest BCUT2D eigenvalue weighted by atomic mass is 10.2. The van der Waals surface area contributed by atoms with E-state index in [1.165, 1.54) is 6.08 Å². The number of rotatable bonds is 5. The number of fused-ring (bicyclic) bond motifs is 1. The summed E-state index contributed by atoms with van der Waals surface area (Å²) in [5, 5.41) is 19.3. The Hall–Kier alpha value is -2.19. The van der Waals surface area contributed by atoms with Gasteiger partial charge in [0.2, 0.25) is 12.7 Å². The number of carbonyl (C=O) groups is 1. The third-order valence-electron chi connectivity index (χ3n) is 2.93. The average molecular weight is 354 g/mol. The molecule has 0 amide bonds. The maximum absolute atomic E-state index is 11.3. The first-order valence-electron chi connectivity index (χ1n) is 6.59. The Morgan fingerprint density at radius 3 is 2.78 bits per heavy atom. The van der Waals surface area contributed by atoms with E-state index < -0.39 is 5.97 Å². The number of aliphatic carboxylic acids is 1. The molecule has 0 bridgehead atoms. The molecule has 7 nitrogen and oxygen atoms in total. The number of aromatic nitrogens is 2. The largest absolute Gasteiger partial charge is 0.544 e. The van der Waals surface area contributed by atoms with Gasteiger partial charge in [-0.25, -0.2) is 0 Å². The van der Waals surface area contributed by atoms with Gasteiger partial charge in [-0.1, -0.05) is 18.5 Å². The summed E-state index contributed by atoms with van der Waals surface area (Å²) in [7, 11) is 0. The van der Waals surface area contributed by atoms with Gasteiger partial charge in [0.1, 0.15) is 0 Å². The zero-order valence-electron chi connectivity index (χ0n) is 11.9. The fourth-order valence-corrected chi connectivity index (χ4v) is 2.72. The number of halogens is 1. The molecule has 23 heavy (non-hydrogen) atoms. The number of benzene rings is 1. The molecule has 120 valence electrons. The number of aryl methyl sites for hydroxylation is 1. The summed E-state index contributed by atoms with van der Waals surface area (Å²) >= 11 is 6.93. The minimum Gasteiger partial charge on any atom is -0.544 e. The lowest BCUT2D eigenvalue weighted by molar-refractivity contribution is -0.298. The Labute approximate surface area is 140 Å². The van der Waals surface area contributed by atoms with Crippen LogP contribution in [0.25, 0.3) is 6.08 Å². The second-order valence-corrected chi connectivity index (χ2v) is 5.84. The third-order valence-corrected chi connectivity index (χ3v) is 4.10. The van der Waals surface area contributed by atoms with E-state index in [1.807, 2.05) is 6.92 Å². The van der Waals surface area contributed by atoms with Gasteiger partial charge >= 0.3 is 0 Å². The quantitative estimate of drug-likeness (QED) is 0.593. The summed E-state index contributed by atoms with van der Waals surface area (Å²) in [6.45, 7) is 1.95. The van der Waals surface area contributed by atoms with Crippen molar-refractivity contribution in [3.8, 4) is 11.5 Å². The van der Waals surface area contributed by atoms with Crippen LogP contribution in [-0.2, 0) is 11.2 Å². The van der Waals surface area contributed by atoms with E-state index in [9.17, 15) is 9.90 Å². The molecule has 2 heterocycles. The van der Waals surface area contributed by atoms with Crippen molar-refractivity contribution >= 4 is 35.4 Å². The number of carboxylic acids is 1. The van der Waals surface area contributed by atoms with Gasteiger partial charge in [0.05, 0.1) is 11.0 Å². The highest BCUT2D eigenvalue weighted by Gasteiger charge is 2.17. The van der Waals surface area contributed by atoms with Crippen LogP contribution in [0.15, 0.2) is 26.7 Å². The fourth-order valence-electron chi connectivity index (χ4n) is 1.83. The molecule has 0 saturated carbocycles. The topological polar surface area (TPSA) is 97.5 Å². The summed E-state index contributed by atoms with van der Waals surface area (Å²) < 4.78 is 15.7. The molecule has 0 unspecified atom stereocenters. The molecule has 1 aromatic heterocycles. The Morgan fingerprint density at radius 2 is 2.13 bits per heavy atom. The van der Waals surface area contributed by atoms with Gasteiger partial charge in [0, 0.05) is 17.4 Å². The van der Waals surface area contributed by atoms with E-state index in [2.05, 4.69) is 10.2 Å². The number of thioether (sulfide) groups is 1. The zero-order valence-corrected chi connectivity index (χ0v) is 13.4. The highest BCUT2D eigenvalue weighted by Crippen LogP contribution is 2.38. The minimum absolute atomic E-state index is 0.0999. The Bertz CT molecular complexity index is 789. The molecule has 1 aliphatic heterocycles. The molecular weight excluding hydrogens is 344 g/mol. The van der Waals surface area contributed by atoms with E-state index in [4.69, 9.17) is 25.5 Å². The van der Waals surface area contributed by atoms with Gasteiger partial charge in [-0.15, -0.1) is 10.2 Å². The SMILES string of the molecule is CCc1nnc(S/C(=C\c2cc3c(cc2Cl)OCO3)C(=O)[O-])o1. The van der Waals surface area contributed by atoms with E-state index in [0.29, 0.717) is 34.4 Å². The summed E-state index contributed by atoms with van der Waals surface area (Å²) in [5.74, 6) is 0.0555. The van der Waals surface area contributed by atoms with Crippen LogP contribution in [0.5, 0.6) is 11.5 Å². The van der Waals surface area contributed by atoms with Crippen molar-refractivity contribution in [2.45, 2.75) is 18.6 Å². The van der Waals surface area contributed by atoms with Crippen molar-refractivity contribution in [3.05, 3.63) is 33.5 Å². The molecule has 0 aliphatic carbocycles. The van der Waals surface area contributed by atoms with Crippen molar-refractivity contribution in [2.75, 3.05) is 6.79 Å². The maximum Gasteiger partial charge on any atom is 0.281 e. The van der Waals surface area contributed by atoms with E-state index >= 15 is 0 Å². The first kappa shape index (κ1) is 15.7. The van der Waals surface area contributed by atoms with Crippen LogP contribution in [0.2, 0.25) is 5.02 Å². The molecule has 2 aromatic rings. The van der Waals surface area contributed by atoms with Gasteiger partial charge in [0.25, 0.3) is 5.22 Å². The van der Waals surface area contributed by atoms with Gasteiger partial charge in [-0.2, -0.15) is 0 Å². The molecule has 3 rings (SSSR count). The summed E-state index contributed by atoms with van der Waals surface area (Å²) in [6, 6.07) is 3.16. The van der Waals surface area contributed by atoms with Crippen LogP contribution in [0.3, 0.4) is 0 Å². The van der Waals surface area contributed by atoms with Gasteiger partial charge in [-0.3, -0.25) is 0 Å².